The van der Waals surface area contributed by atoms with Gasteiger partial charge in [-0.25, -0.2) is 13.2 Å². The molecule has 0 aliphatic heterocycles. The highest BCUT2D eigenvalue weighted by Crippen LogP contribution is 2.27. The van der Waals surface area contributed by atoms with Crippen LogP contribution in [0.2, 0.25) is 0 Å². The average Bonchev–Trinajstić information content (AvgIpc) is 3.12. The van der Waals surface area contributed by atoms with E-state index in [1.54, 1.807) is 18.5 Å². The highest BCUT2D eigenvalue weighted by atomic mass is 32.2. The molecule has 0 bridgehead atoms. The van der Waals surface area contributed by atoms with Crippen LogP contribution in [-0.2, 0) is 16.6 Å². The molecular formula is C21H20F3N5O2S. The SMILES string of the molecule is Cc1ccccc1-c1nnc(SC(C)C(=O)NCC(=O)Nc2ccc(F)c(F)c2F)n1C. The van der Waals surface area contributed by atoms with Gasteiger partial charge in [-0.15, -0.1) is 10.2 Å². The largest absolute Gasteiger partial charge is 0.346 e. The number of carbonyl (C=O) groups excluding carboxylic acids is 2. The molecule has 168 valence electrons. The van der Waals surface area contributed by atoms with Crippen molar-refractivity contribution in [2.24, 2.45) is 7.05 Å². The number of amides is 2. The number of aromatic nitrogens is 3. The van der Waals surface area contributed by atoms with Crippen molar-refractivity contribution < 1.29 is 22.8 Å². The Labute approximate surface area is 186 Å². The molecule has 7 nitrogen and oxygen atoms in total. The summed E-state index contributed by atoms with van der Waals surface area (Å²) in [6, 6.07) is 9.30. The Kier molecular flexibility index (Phi) is 7.18. The van der Waals surface area contributed by atoms with E-state index in [1.807, 2.05) is 31.2 Å². The topological polar surface area (TPSA) is 88.9 Å². The number of halogens is 3. The third-order valence-electron chi connectivity index (χ3n) is 4.60. The van der Waals surface area contributed by atoms with Gasteiger partial charge in [0.15, 0.2) is 28.4 Å². The summed E-state index contributed by atoms with van der Waals surface area (Å²) < 4.78 is 41.6. The lowest BCUT2D eigenvalue weighted by atomic mass is 10.1. The van der Waals surface area contributed by atoms with Gasteiger partial charge in [-0.05, 0) is 31.5 Å². The molecule has 0 fully saturated rings. The van der Waals surface area contributed by atoms with Crippen molar-refractivity contribution in [2.75, 3.05) is 11.9 Å². The standard InChI is InChI=1S/C21H20F3N5O2S/c1-11-6-4-5-7-13(11)19-27-28-21(29(19)3)32-12(2)20(31)25-10-16(30)26-15-9-8-14(22)17(23)18(15)24/h4-9,12H,10H2,1-3H3,(H,25,31)(H,26,30). The van der Waals surface area contributed by atoms with Crippen LogP contribution in [0.1, 0.15) is 12.5 Å². The molecule has 0 saturated heterocycles. The van der Waals surface area contributed by atoms with E-state index in [-0.39, 0.29) is 0 Å². The highest BCUT2D eigenvalue weighted by molar-refractivity contribution is 8.00. The summed E-state index contributed by atoms with van der Waals surface area (Å²) in [5, 5.41) is 12.7. The van der Waals surface area contributed by atoms with Crippen LogP contribution >= 0.6 is 11.8 Å². The summed E-state index contributed by atoms with van der Waals surface area (Å²) in [6.45, 7) is 3.12. The molecule has 0 spiro atoms. The fourth-order valence-corrected chi connectivity index (χ4v) is 3.65. The van der Waals surface area contributed by atoms with Gasteiger partial charge in [0.05, 0.1) is 17.5 Å². The first-order valence-corrected chi connectivity index (χ1v) is 10.4. The minimum atomic E-state index is -1.69. The molecule has 0 aliphatic rings. The summed E-state index contributed by atoms with van der Waals surface area (Å²) in [6.07, 6.45) is 0. The van der Waals surface area contributed by atoms with E-state index in [1.165, 1.54) is 0 Å². The second kappa shape index (κ2) is 9.86. The van der Waals surface area contributed by atoms with Crippen molar-refractivity contribution in [2.45, 2.75) is 24.3 Å². The average molecular weight is 463 g/mol. The molecule has 0 saturated carbocycles. The number of aryl methyl sites for hydroxylation is 1. The van der Waals surface area contributed by atoms with Crippen molar-refractivity contribution >= 4 is 29.3 Å². The fourth-order valence-electron chi connectivity index (χ4n) is 2.82. The minimum Gasteiger partial charge on any atom is -0.346 e. The number of hydrogen-bond acceptors (Lipinski definition) is 5. The second-order valence-corrected chi connectivity index (χ2v) is 8.24. The van der Waals surface area contributed by atoms with Gasteiger partial charge >= 0.3 is 0 Å². The Balaban J connectivity index is 1.57. The second-order valence-electron chi connectivity index (χ2n) is 6.93. The van der Waals surface area contributed by atoms with Gasteiger partial charge in [-0.1, -0.05) is 36.0 Å². The van der Waals surface area contributed by atoms with E-state index < -0.39 is 46.7 Å². The molecule has 2 amide bonds. The van der Waals surface area contributed by atoms with Crippen LogP contribution in [0.25, 0.3) is 11.4 Å². The number of carbonyl (C=O) groups is 2. The highest BCUT2D eigenvalue weighted by Gasteiger charge is 2.21. The number of benzene rings is 2. The van der Waals surface area contributed by atoms with Gasteiger partial charge in [0.25, 0.3) is 0 Å². The number of thioether (sulfide) groups is 1. The zero-order chi connectivity index (χ0) is 23.4. The third-order valence-corrected chi connectivity index (χ3v) is 5.74. The van der Waals surface area contributed by atoms with Crippen molar-refractivity contribution in [3.8, 4) is 11.4 Å². The smallest absolute Gasteiger partial charge is 0.243 e. The molecule has 2 aromatic carbocycles. The zero-order valence-corrected chi connectivity index (χ0v) is 18.3. The van der Waals surface area contributed by atoms with E-state index >= 15 is 0 Å². The maximum absolute atomic E-state index is 13.6. The van der Waals surface area contributed by atoms with Crippen molar-refractivity contribution in [3.05, 3.63) is 59.4 Å². The van der Waals surface area contributed by atoms with Crippen LogP contribution in [0.4, 0.5) is 18.9 Å². The summed E-state index contributed by atoms with van der Waals surface area (Å²) in [5.74, 6) is -5.16. The van der Waals surface area contributed by atoms with Crippen LogP contribution in [0, 0.1) is 24.4 Å². The Morgan fingerprint density at radius 1 is 1.09 bits per heavy atom. The van der Waals surface area contributed by atoms with Gasteiger partial charge in [0.1, 0.15) is 0 Å². The number of nitrogens with one attached hydrogen (secondary N) is 2. The van der Waals surface area contributed by atoms with Crippen LogP contribution in [-0.4, -0.2) is 38.4 Å². The first kappa shape index (κ1) is 23.3. The Morgan fingerprint density at radius 3 is 2.53 bits per heavy atom. The summed E-state index contributed by atoms with van der Waals surface area (Å²) >= 11 is 1.16. The molecule has 1 atom stereocenters. The lowest BCUT2D eigenvalue weighted by Crippen LogP contribution is -2.37. The molecular weight excluding hydrogens is 443 g/mol. The van der Waals surface area contributed by atoms with Gasteiger partial charge < -0.3 is 15.2 Å². The predicted molar refractivity (Wildman–Crippen MR) is 114 cm³/mol. The molecule has 3 rings (SSSR count). The van der Waals surface area contributed by atoms with E-state index in [0.29, 0.717) is 17.0 Å². The summed E-state index contributed by atoms with van der Waals surface area (Å²) in [4.78, 5) is 24.3. The number of anilines is 1. The van der Waals surface area contributed by atoms with Crippen molar-refractivity contribution in [3.63, 3.8) is 0 Å². The summed E-state index contributed by atoms with van der Waals surface area (Å²) in [5.41, 5.74) is 1.44. The normalized spacial score (nSPS) is 11.8. The Morgan fingerprint density at radius 2 is 1.81 bits per heavy atom. The molecule has 0 radical (unpaired) electrons. The minimum absolute atomic E-state index is 0.462. The zero-order valence-electron chi connectivity index (χ0n) is 17.4. The first-order chi connectivity index (χ1) is 15.2. The first-order valence-electron chi connectivity index (χ1n) is 9.52. The Hall–Kier alpha value is -3.34. The molecule has 1 unspecified atom stereocenters. The molecule has 0 aliphatic carbocycles. The van der Waals surface area contributed by atoms with Crippen molar-refractivity contribution in [1.82, 2.24) is 20.1 Å². The number of rotatable bonds is 7. The quantitative estimate of drug-likeness (QED) is 0.414. The van der Waals surface area contributed by atoms with Crippen LogP contribution < -0.4 is 10.6 Å². The molecule has 1 heterocycles. The van der Waals surface area contributed by atoms with E-state index in [0.717, 1.165) is 29.0 Å². The maximum atomic E-state index is 13.6. The molecule has 2 N–H and O–H groups in total. The van der Waals surface area contributed by atoms with Crippen molar-refractivity contribution in [1.29, 1.82) is 0 Å². The van der Waals surface area contributed by atoms with Crippen LogP contribution in [0.3, 0.4) is 0 Å². The monoisotopic (exact) mass is 463 g/mol. The molecule has 11 heteroatoms. The van der Waals surface area contributed by atoms with Gasteiger partial charge in [0.2, 0.25) is 11.8 Å². The molecule has 3 aromatic rings. The number of nitrogens with zero attached hydrogens (tertiary/aromatic N) is 3. The van der Waals surface area contributed by atoms with E-state index in [4.69, 9.17) is 0 Å². The van der Waals surface area contributed by atoms with Crippen LogP contribution in [0.15, 0.2) is 41.6 Å². The molecule has 32 heavy (non-hydrogen) atoms. The molecule has 1 aromatic heterocycles. The van der Waals surface area contributed by atoms with Gasteiger partial charge in [-0.3, -0.25) is 9.59 Å². The maximum Gasteiger partial charge on any atom is 0.243 e. The van der Waals surface area contributed by atoms with Gasteiger partial charge in [0, 0.05) is 12.6 Å². The fraction of sp³-hybridized carbons (Fsp3) is 0.238. The number of hydrogen-bond donors (Lipinski definition) is 2. The van der Waals surface area contributed by atoms with E-state index in [9.17, 15) is 22.8 Å². The lowest BCUT2D eigenvalue weighted by Gasteiger charge is -2.12. The van der Waals surface area contributed by atoms with Gasteiger partial charge in [-0.2, -0.15) is 0 Å². The summed E-state index contributed by atoms with van der Waals surface area (Å²) in [7, 11) is 1.79. The lowest BCUT2D eigenvalue weighted by molar-refractivity contribution is -0.123. The third kappa shape index (κ3) is 5.10. The van der Waals surface area contributed by atoms with Crippen LogP contribution in [0.5, 0.6) is 0 Å². The predicted octanol–water partition coefficient (Wildman–Crippen LogP) is 3.44. The van der Waals surface area contributed by atoms with E-state index in [2.05, 4.69) is 20.8 Å². The Bertz CT molecular complexity index is 1170.